The molecular formula is C14H17Cl2NO3. The highest BCUT2D eigenvalue weighted by atomic mass is 35.5. The second-order valence-corrected chi connectivity index (χ2v) is 5.05. The Kier molecular flexibility index (Phi) is 6.82. The number of carbonyl (C=O) groups excluding carboxylic acids is 2. The average molecular weight is 318 g/mol. The second-order valence-electron chi connectivity index (χ2n) is 4.27. The molecular weight excluding hydrogens is 301 g/mol. The van der Waals surface area contributed by atoms with Crippen LogP contribution >= 0.6 is 23.2 Å². The largest absolute Gasteiger partial charge is 0.466 e. The Hall–Kier alpha value is -1.26. The smallest absolute Gasteiger partial charge is 0.306 e. The molecule has 0 N–H and O–H groups in total. The first kappa shape index (κ1) is 16.8. The number of hydrogen-bond acceptors (Lipinski definition) is 3. The fraction of sp³-hybridized carbons (Fsp3) is 0.429. The van der Waals surface area contributed by atoms with Crippen molar-refractivity contribution in [3.8, 4) is 0 Å². The highest BCUT2D eigenvalue weighted by Gasteiger charge is 2.14. The average Bonchev–Trinajstić information content (AvgIpc) is 2.41. The zero-order valence-electron chi connectivity index (χ0n) is 11.5. The topological polar surface area (TPSA) is 46.6 Å². The monoisotopic (exact) mass is 317 g/mol. The second kappa shape index (κ2) is 8.12. The highest BCUT2D eigenvalue weighted by Crippen LogP contribution is 2.26. The first-order valence-electron chi connectivity index (χ1n) is 6.28. The van der Waals surface area contributed by atoms with Gasteiger partial charge in [0.1, 0.15) is 0 Å². The lowest BCUT2D eigenvalue weighted by molar-refractivity contribution is -0.145. The number of esters is 1. The Balaban J connectivity index is 2.53. The van der Waals surface area contributed by atoms with E-state index < -0.39 is 0 Å². The van der Waals surface area contributed by atoms with Gasteiger partial charge < -0.3 is 9.64 Å². The quantitative estimate of drug-likeness (QED) is 0.756. The van der Waals surface area contributed by atoms with Crippen molar-refractivity contribution < 1.29 is 14.3 Å². The number of amides is 1. The molecule has 0 spiro atoms. The van der Waals surface area contributed by atoms with Gasteiger partial charge in [0.15, 0.2) is 0 Å². The van der Waals surface area contributed by atoms with Crippen molar-refractivity contribution in [1.29, 1.82) is 0 Å². The summed E-state index contributed by atoms with van der Waals surface area (Å²) in [5.74, 6) is -0.510. The standard InChI is InChI=1S/C14H17Cl2NO3/c1-3-20-13(19)8-7-12(18)17(2)9-10-5-4-6-11(15)14(10)16/h4-6H,3,7-9H2,1-2H3. The van der Waals surface area contributed by atoms with Crippen LogP contribution in [0.5, 0.6) is 0 Å². The molecule has 1 rings (SSSR count). The minimum Gasteiger partial charge on any atom is -0.466 e. The van der Waals surface area contributed by atoms with Gasteiger partial charge in [-0.15, -0.1) is 0 Å². The van der Waals surface area contributed by atoms with Gasteiger partial charge >= 0.3 is 5.97 Å². The summed E-state index contributed by atoms with van der Waals surface area (Å²) in [6, 6.07) is 5.28. The molecule has 1 aromatic carbocycles. The van der Waals surface area contributed by atoms with Crippen LogP contribution in [0.25, 0.3) is 0 Å². The first-order valence-corrected chi connectivity index (χ1v) is 7.03. The van der Waals surface area contributed by atoms with Gasteiger partial charge in [0.05, 0.1) is 23.1 Å². The van der Waals surface area contributed by atoms with E-state index in [0.29, 0.717) is 23.2 Å². The summed E-state index contributed by atoms with van der Waals surface area (Å²) in [6.45, 7) is 2.40. The molecule has 0 saturated heterocycles. The Bertz CT molecular complexity index is 491. The molecule has 0 unspecified atom stereocenters. The maximum absolute atomic E-state index is 11.9. The molecule has 0 saturated carbocycles. The van der Waals surface area contributed by atoms with Crippen LogP contribution in [0.15, 0.2) is 18.2 Å². The summed E-state index contributed by atoms with van der Waals surface area (Å²) in [6.07, 6.45) is 0.202. The summed E-state index contributed by atoms with van der Waals surface area (Å²) < 4.78 is 4.78. The summed E-state index contributed by atoms with van der Waals surface area (Å²) in [7, 11) is 1.66. The zero-order valence-corrected chi connectivity index (χ0v) is 13.0. The SMILES string of the molecule is CCOC(=O)CCC(=O)N(C)Cc1cccc(Cl)c1Cl. The third-order valence-electron chi connectivity index (χ3n) is 2.71. The van der Waals surface area contributed by atoms with Crippen molar-refractivity contribution in [2.75, 3.05) is 13.7 Å². The number of carbonyl (C=O) groups is 2. The number of hydrogen-bond donors (Lipinski definition) is 0. The van der Waals surface area contributed by atoms with Gasteiger partial charge in [0.2, 0.25) is 5.91 Å². The molecule has 20 heavy (non-hydrogen) atoms. The summed E-state index contributed by atoms with van der Waals surface area (Å²) in [4.78, 5) is 24.6. The van der Waals surface area contributed by atoms with E-state index in [1.807, 2.05) is 6.07 Å². The molecule has 1 aromatic rings. The molecule has 0 fully saturated rings. The van der Waals surface area contributed by atoms with Crippen LogP contribution in [0.1, 0.15) is 25.3 Å². The van der Waals surface area contributed by atoms with Gasteiger partial charge in [-0.1, -0.05) is 35.3 Å². The lowest BCUT2D eigenvalue weighted by Crippen LogP contribution is -2.26. The number of halogens is 2. The predicted octanol–water partition coefficient (Wildman–Crippen LogP) is 3.30. The van der Waals surface area contributed by atoms with Crippen LogP contribution in [-0.4, -0.2) is 30.4 Å². The van der Waals surface area contributed by atoms with Crippen molar-refractivity contribution in [2.45, 2.75) is 26.3 Å². The van der Waals surface area contributed by atoms with E-state index in [1.54, 1.807) is 26.1 Å². The maximum Gasteiger partial charge on any atom is 0.306 e. The number of ether oxygens (including phenoxy) is 1. The van der Waals surface area contributed by atoms with Gasteiger partial charge in [-0.05, 0) is 18.6 Å². The van der Waals surface area contributed by atoms with Gasteiger partial charge in [-0.2, -0.15) is 0 Å². The number of rotatable bonds is 6. The summed E-state index contributed by atoms with van der Waals surface area (Å²) in [5, 5.41) is 0.899. The Morgan fingerprint density at radius 3 is 2.60 bits per heavy atom. The van der Waals surface area contributed by atoms with E-state index in [1.165, 1.54) is 4.90 Å². The number of nitrogens with zero attached hydrogens (tertiary/aromatic N) is 1. The Labute approximate surface area is 128 Å². The zero-order chi connectivity index (χ0) is 15.1. The summed E-state index contributed by atoms with van der Waals surface area (Å²) >= 11 is 12.0. The first-order chi connectivity index (χ1) is 9.45. The minimum atomic E-state index is -0.366. The molecule has 0 radical (unpaired) electrons. The van der Waals surface area contributed by atoms with Crippen LogP contribution in [0.2, 0.25) is 10.0 Å². The van der Waals surface area contributed by atoms with Gasteiger partial charge in [-0.3, -0.25) is 9.59 Å². The fourth-order valence-electron chi connectivity index (χ4n) is 1.65. The van der Waals surface area contributed by atoms with Gasteiger partial charge in [0, 0.05) is 20.0 Å². The van der Waals surface area contributed by atoms with Crippen LogP contribution in [0.3, 0.4) is 0 Å². The van der Waals surface area contributed by atoms with Crippen molar-refractivity contribution >= 4 is 35.1 Å². The maximum atomic E-state index is 11.9. The fourth-order valence-corrected chi connectivity index (χ4v) is 2.03. The molecule has 1 amide bonds. The Morgan fingerprint density at radius 2 is 1.95 bits per heavy atom. The molecule has 0 heterocycles. The molecule has 0 aliphatic carbocycles. The lowest BCUT2D eigenvalue weighted by atomic mass is 10.2. The van der Waals surface area contributed by atoms with Crippen LogP contribution in [0, 0.1) is 0 Å². The van der Waals surface area contributed by atoms with E-state index in [9.17, 15) is 9.59 Å². The normalized spacial score (nSPS) is 10.2. The third kappa shape index (κ3) is 5.02. The third-order valence-corrected chi connectivity index (χ3v) is 3.57. The molecule has 4 nitrogen and oxygen atoms in total. The number of benzene rings is 1. The van der Waals surface area contributed by atoms with Crippen molar-refractivity contribution in [2.24, 2.45) is 0 Å². The molecule has 0 bridgehead atoms. The van der Waals surface area contributed by atoms with Crippen LogP contribution < -0.4 is 0 Å². The van der Waals surface area contributed by atoms with Crippen LogP contribution in [-0.2, 0) is 20.9 Å². The Morgan fingerprint density at radius 1 is 1.25 bits per heavy atom. The van der Waals surface area contributed by atoms with Crippen molar-refractivity contribution in [1.82, 2.24) is 4.90 Å². The van der Waals surface area contributed by atoms with E-state index >= 15 is 0 Å². The molecule has 110 valence electrons. The van der Waals surface area contributed by atoms with E-state index in [-0.39, 0.29) is 24.7 Å². The molecule has 0 atom stereocenters. The molecule has 6 heteroatoms. The molecule has 0 aliphatic rings. The highest BCUT2D eigenvalue weighted by molar-refractivity contribution is 6.42. The van der Waals surface area contributed by atoms with E-state index in [2.05, 4.69) is 0 Å². The minimum absolute atomic E-state index is 0.0836. The molecule has 0 aliphatic heterocycles. The van der Waals surface area contributed by atoms with E-state index in [0.717, 1.165) is 5.56 Å². The van der Waals surface area contributed by atoms with Crippen LogP contribution in [0.4, 0.5) is 0 Å². The summed E-state index contributed by atoms with van der Waals surface area (Å²) in [5.41, 5.74) is 0.770. The van der Waals surface area contributed by atoms with Crippen molar-refractivity contribution in [3.05, 3.63) is 33.8 Å². The van der Waals surface area contributed by atoms with Gasteiger partial charge in [0.25, 0.3) is 0 Å². The lowest BCUT2D eigenvalue weighted by Gasteiger charge is -2.18. The van der Waals surface area contributed by atoms with Gasteiger partial charge in [-0.25, -0.2) is 0 Å². The van der Waals surface area contributed by atoms with E-state index in [4.69, 9.17) is 27.9 Å². The molecule has 0 aromatic heterocycles. The van der Waals surface area contributed by atoms with Crippen molar-refractivity contribution in [3.63, 3.8) is 0 Å². The predicted molar refractivity (Wildman–Crippen MR) is 78.8 cm³/mol.